The van der Waals surface area contributed by atoms with Crippen LogP contribution < -0.4 is 0 Å². The van der Waals surface area contributed by atoms with Crippen LogP contribution in [0.2, 0.25) is 10.0 Å². The molecular weight excluding hydrogens is 323 g/mol. The fourth-order valence-electron chi connectivity index (χ4n) is 2.14. The molecule has 3 aromatic rings. The van der Waals surface area contributed by atoms with Gasteiger partial charge in [0.25, 0.3) is 0 Å². The van der Waals surface area contributed by atoms with Crippen molar-refractivity contribution in [2.45, 2.75) is 0 Å². The Morgan fingerprint density at radius 1 is 1.09 bits per heavy atom. The zero-order chi connectivity index (χ0) is 15.7. The van der Waals surface area contributed by atoms with E-state index in [2.05, 4.69) is 4.98 Å². The van der Waals surface area contributed by atoms with Gasteiger partial charge in [-0.2, -0.15) is 0 Å². The van der Waals surface area contributed by atoms with Crippen LogP contribution in [0.25, 0.3) is 17.1 Å². The maximum absolute atomic E-state index is 11.2. The summed E-state index contributed by atoms with van der Waals surface area (Å²) in [6.45, 7) is 0. The van der Waals surface area contributed by atoms with Crippen LogP contribution in [0.15, 0.2) is 54.7 Å². The Bertz CT molecular complexity index is 859. The third-order valence-corrected chi connectivity index (χ3v) is 3.69. The van der Waals surface area contributed by atoms with E-state index >= 15 is 0 Å². The lowest BCUT2D eigenvalue weighted by molar-refractivity contribution is 0.0691. The highest BCUT2D eigenvalue weighted by Crippen LogP contribution is 2.29. The van der Waals surface area contributed by atoms with Crippen molar-refractivity contribution >= 4 is 29.2 Å². The zero-order valence-electron chi connectivity index (χ0n) is 11.2. The fraction of sp³-hybridized carbons (Fsp3) is 0. The number of hydrogen-bond donors (Lipinski definition) is 1. The highest BCUT2D eigenvalue weighted by molar-refractivity contribution is 6.33. The van der Waals surface area contributed by atoms with Crippen molar-refractivity contribution in [1.82, 2.24) is 9.55 Å². The van der Waals surface area contributed by atoms with Crippen molar-refractivity contribution < 1.29 is 9.90 Å². The average molecular weight is 333 g/mol. The number of benzene rings is 2. The van der Waals surface area contributed by atoms with Crippen LogP contribution in [-0.4, -0.2) is 20.6 Å². The van der Waals surface area contributed by atoms with E-state index in [0.717, 1.165) is 0 Å². The monoisotopic (exact) mass is 332 g/mol. The highest BCUT2D eigenvalue weighted by atomic mass is 35.5. The molecule has 3 rings (SSSR count). The lowest BCUT2D eigenvalue weighted by Gasteiger charge is -2.09. The summed E-state index contributed by atoms with van der Waals surface area (Å²) >= 11 is 12.2. The second-order valence-corrected chi connectivity index (χ2v) is 5.43. The summed E-state index contributed by atoms with van der Waals surface area (Å²) in [7, 11) is 0. The molecule has 0 fully saturated rings. The van der Waals surface area contributed by atoms with E-state index in [1.54, 1.807) is 41.0 Å². The molecule has 0 saturated carbocycles. The van der Waals surface area contributed by atoms with Gasteiger partial charge in [0.05, 0.1) is 5.02 Å². The van der Waals surface area contributed by atoms with E-state index in [0.29, 0.717) is 27.1 Å². The van der Waals surface area contributed by atoms with Gasteiger partial charge in [0.2, 0.25) is 0 Å². The number of aromatic nitrogens is 2. The van der Waals surface area contributed by atoms with Crippen molar-refractivity contribution in [3.8, 4) is 17.1 Å². The van der Waals surface area contributed by atoms with E-state index in [-0.39, 0.29) is 5.69 Å². The van der Waals surface area contributed by atoms with Crippen LogP contribution in [0.4, 0.5) is 0 Å². The van der Waals surface area contributed by atoms with Crippen LogP contribution in [0.5, 0.6) is 0 Å². The van der Waals surface area contributed by atoms with Crippen molar-refractivity contribution in [3.05, 3.63) is 70.5 Å². The smallest absolute Gasteiger partial charge is 0.356 e. The molecule has 0 amide bonds. The van der Waals surface area contributed by atoms with E-state index in [4.69, 9.17) is 23.2 Å². The maximum Gasteiger partial charge on any atom is 0.356 e. The zero-order valence-corrected chi connectivity index (χ0v) is 12.7. The first-order chi connectivity index (χ1) is 10.6. The molecule has 0 aliphatic carbocycles. The van der Waals surface area contributed by atoms with Gasteiger partial charge in [-0.25, -0.2) is 9.78 Å². The maximum atomic E-state index is 11.2. The molecule has 110 valence electrons. The molecule has 0 aliphatic heterocycles. The molecule has 1 aromatic heterocycles. The Morgan fingerprint density at radius 2 is 1.86 bits per heavy atom. The van der Waals surface area contributed by atoms with E-state index in [9.17, 15) is 9.90 Å². The summed E-state index contributed by atoms with van der Waals surface area (Å²) in [6.07, 6.45) is 1.45. The Kier molecular flexibility index (Phi) is 3.88. The second-order valence-electron chi connectivity index (χ2n) is 4.58. The van der Waals surface area contributed by atoms with E-state index in [1.165, 1.54) is 6.20 Å². The lowest BCUT2D eigenvalue weighted by Crippen LogP contribution is -1.96. The largest absolute Gasteiger partial charge is 0.476 e. The van der Waals surface area contributed by atoms with Crippen molar-refractivity contribution in [3.63, 3.8) is 0 Å². The summed E-state index contributed by atoms with van der Waals surface area (Å²) in [5.74, 6) is -0.653. The van der Waals surface area contributed by atoms with Gasteiger partial charge in [-0.15, -0.1) is 0 Å². The van der Waals surface area contributed by atoms with Gasteiger partial charge in [0.1, 0.15) is 5.82 Å². The first-order valence-electron chi connectivity index (χ1n) is 6.40. The van der Waals surface area contributed by atoms with Crippen molar-refractivity contribution in [2.24, 2.45) is 0 Å². The van der Waals surface area contributed by atoms with Crippen molar-refractivity contribution in [1.29, 1.82) is 0 Å². The molecule has 0 atom stereocenters. The Morgan fingerprint density at radius 3 is 2.55 bits per heavy atom. The summed E-state index contributed by atoms with van der Waals surface area (Å²) in [5.41, 5.74) is 1.30. The van der Waals surface area contributed by atoms with Gasteiger partial charge in [-0.3, -0.25) is 4.57 Å². The number of rotatable bonds is 3. The number of hydrogen-bond acceptors (Lipinski definition) is 2. The topological polar surface area (TPSA) is 55.1 Å². The van der Waals surface area contributed by atoms with Gasteiger partial charge >= 0.3 is 5.97 Å². The first kappa shape index (κ1) is 14.6. The Labute approximate surface area is 136 Å². The normalized spacial score (nSPS) is 10.6. The number of imidazole rings is 1. The number of aromatic carboxylic acids is 1. The minimum absolute atomic E-state index is 0.0603. The summed E-state index contributed by atoms with van der Waals surface area (Å²) in [4.78, 5) is 15.4. The Hall–Kier alpha value is -2.30. The van der Waals surface area contributed by atoms with Crippen LogP contribution in [0.1, 0.15) is 10.5 Å². The van der Waals surface area contributed by atoms with Crippen LogP contribution >= 0.6 is 23.2 Å². The van der Waals surface area contributed by atoms with Crippen molar-refractivity contribution in [2.75, 3.05) is 0 Å². The number of nitrogens with zero attached hydrogens (tertiary/aromatic N) is 2. The molecule has 0 unspecified atom stereocenters. The van der Waals surface area contributed by atoms with Gasteiger partial charge in [0, 0.05) is 22.5 Å². The van der Waals surface area contributed by atoms with Gasteiger partial charge in [-0.1, -0.05) is 41.4 Å². The lowest BCUT2D eigenvalue weighted by atomic mass is 10.2. The molecule has 1 heterocycles. The molecule has 22 heavy (non-hydrogen) atoms. The molecule has 0 radical (unpaired) electrons. The average Bonchev–Trinajstić information content (AvgIpc) is 2.93. The Balaban J connectivity index is 2.25. The van der Waals surface area contributed by atoms with Crippen LogP contribution in [-0.2, 0) is 0 Å². The van der Waals surface area contributed by atoms with Gasteiger partial charge in [0.15, 0.2) is 5.69 Å². The molecule has 0 spiro atoms. The first-order valence-corrected chi connectivity index (χ1v) is 7.15. The number of carboxylic acid groups (broad SMARTS) is 1. The second kappa shape index (κ2) is 5.83. The minimum atomic E-state index is -1.10. The molecule has 0 bridgehead atoms. The van der Waals surface area contributed by atoms with Crippen LogP contribution in [0, 0.1) is 0 Å². The molecule has 1 N–H and O–H groups in total. The predicted molar refractivity (Wildman–Crippen MR) is 86.0 cm³/mol. The summed E-state index contributed by atoms with van der Waals surface area (Å²) < 4.78 is 1.66. The molecule has 0 aliphatic rings. The fourth-order valence-corrected chi connectivity index (χ4v) is 2.54. The number of carbonyl (C=O) groups is 1. The molecule has 0 saturated heterocycles. The third kappa shape index (κ3) is 2.71. The predicted octanol–water partition coefficient (Wildman–Crippen LogP) is 4.54. The molecule has 4 nitrogen and oxygen atoms in total. The quantitative estimate of drug-likeness (QED) is 0.765. The number of carboxylic acids is 1. The third-order valence-electron chi connectivity index (χ3n) is 3.13. The van der Waals surface area contributed by atoms with Gasteiger partial charge < -0.3 is 5.11 Å². The summed E-state index contributed by atoms with van der Waals surface area (Å²) in [5, 5.41) is 10.2. The summed E-state index contributed by atoms with van der Waals surface area (Å²) in [6, 6.07) is 14.2. The van der Waals surface area contributed by atoms with Gasteiger partial charge in [-0.05, 0) is 30.3 Å². The minimum Gasteiger partial charge on any atom is -0.476 e. The van der Waals surface area contributed by atoms with Crippen LogP contribution in [0.3, 0.4) is 0 Å². The van der Waals surface area contributed by atoms with E-state index in [1.807, 2.05) is 12.1 Å². The van der Waals surface area contributed by atoms with E-state index < -0.39 is 5.97 Å². The standard InChI is InChI=1S/C16H10Cl2N2O2/c17-10-4-3-5-11(8-10)20-9-14(16(21)22)19-15(20)12-6-1-2-7-13(12)18/h1-9H,(H,21,22). The number of halogens is 2. The molecule has 6 heteroatoms. The molecule has 2 aromatic carbocycles. The highest BCUT2D eigenvalue weighted by Gasteiger charge is 2.17. The SMILES string of the molecule is O=C(O)c1cn(-c2cccc(Cl)c2)c(-c2ccccc2Cl)n1. The molecular formula is C16H10Cl2N2O2.